The third-order valence-corrected chi connectivity index (χ3v) is 3.29. The van der Waals surface area contributed by atoms with E-state index in [2.05, 4.69) is 16.3 Å². The van der Waals surface area contributed by atoms with E-state index < -0.39 is 5.97 Å². The van der Waals surface area contributed by atoms with Crippen molar-refractivity contribution in [3.05, 3.63) is 29.3 Å². The summed E-state index contributed by atoms with van der Waals surface area (Å²) in [7, 11) is 2.89. The third-order valence-electron chi connectivity index (χ3n) is 2.29. The van der Waals surface area contributed by atoms with Gasteiger partial charge < -0.3 is 9.47 Å². The molecule has 0 bridgehead atoms. The van der Waals surface area contributed by atoms with Gasteiger partial charge >= 0.3 is 5.97 Å². The van der Waals surface area contributed by atoms with E-state index in [9.17, 15) is 4.79 Å². The zero-order valence-corrected chi connectivity index (χ0v) is 10.3. The van der Waals surface area contributed by atoms with Gasteiger partial charge in [0.2, 0.25) is 0 Å². The minimum Gasteiger partial charge on any atom is -0.494 e. The first-order valence-corrected chi connectivity index (χ1v) is 5.70. The highest BCUT2D eigenvalue weighted by atomic mass is 32.1. The summed E-state index contributed by atoms with van der Waals surface area (Å²) in [5.74, 6) is 0.172. The minimum atomic E-state index is -0.390. The van der Waals surface area contributed by atoms with Crippen molar-refractivity contribution in [2.75, 3.05) is 14.2 Å². The Labute approximate surface area is 102 Å². The molecule has 0 aliphatic rings. The summed E-state index contributed by atoms with van der Waals surface area (Å²) < 4.78 is 10.8. The molecule has 0 fully saturated rings. The van der Waals surface area contributed by atoms with Gasteiger partial charge in [-0.1, -0.05) is 6.58 Å². The van der Waals surface area contributed by atoms with Crippen molar-refractivity contribution in [1.82, 2.24) is 4.98 Å². The second kappa shape index (κ2) is 4.55. The molecule has 2 rings (SSSR count). The maximum atomic E-state index is 11.5. The molecule has 5 heteroatoms. The van der Waals surface area contributed by atoms with Crippen LogP contribution in [0.5, 0.6) is 5.75 Å². The van der Waals surface area contributed by atoms with Gasteiger partial charge in [0.25, 0.3) is 0 Å². The number of carbonyl (C=O) groups is 1. The Morgan fingerprint density at radius 3 is 2.82 bits per heavy atom. The smallest absolute Gasteiger partial charge is 0.338 e. The van der Waals surface area contributed by atoms with Crippen LogP contribution in [0, 0.1) is 0 Å². The van der Waals surface area contributed by atoms with E-state index >= 15 is 0 Å². The van der Waals surface area contributed by atoms with Crippen LogP contribution in [0.1, 0.15) is 15.4 Å². The van der Waals surface area contributed by atoms with Gasteiger partial charge in [0, 0.05) is 0 Å². The lowest BCUT2D eigenvalue weighted by Gasteiger charge is -2.03. The van der Waals surface area contributed by atoms with Gasteiger partial charge in [0.15, 0.2) is 0 Å². The molecule has 4 nitrogen and oxygen atoms in total. The van der Waals surface area contributed by atoms with Crippen LogP contribution in [-0.4, -0.2) is 25.2 Å². The molecule has 0 radical (unpaired) electrons. The zero-order valence-electron chi connectivity index (χ0n) is 9.52. The topological polar surface area (TPSA) is 48.4 Å². The lowest BCUT2D eigenvalue weighted by Crippen LogP contribution is -2.01. The SMILES string of the molecule is C=Cc1nc2c(OC)cc(C(=O)OC)cc2s1. The number of nitrogens with zero attached hydrogens (tertiary/aromatic N) is 1. The highest BCUT2D eigenvalue weighted by molar-refractivity contribution is 7.19. The Bertz CT molecular complexity index is 589. The largest absolute Gasteiger partial charge is 0.494 e. The number of esters is 1. The number of ether oxygens (including phenoxy) is 2. The van der Waals surface area contributed by atoms with Crippen molar-refractivity contribution in [2.24, 2.45) is 0 Å². The van der Waals surface area contributed by atoms with Crippen molar-refractivity contribution >= 4 is 33.6 Å². The Balaban J connectivity index is 2.67. The molecule has 0 saturated carbocycles. The number of carbonyl (C=O) groups excluding carboxylic acids is 1. The van der Waals surface area contributed by atoms with E-state index in [1.807, 2.05) is 0 Å². The van der Waals surface area contributed by atoms with Gasteiger partial charge in [-0.25, -0.2) is 9.78 Å². The van der Waals surface area contributed by atoms with Crippen molar-refractivity contribution in [3.8, 4) is 5.75 Å². The summed E-state index contributed by atoms with van der Waals surface area (Å²) in [5.41, 5.74) is 1.19. The van der Waals surface area contributed by atoms with E-state index in [4.69, 9.17) is 4.74 Å². The van der Waals surface area contributed by atoms with Gasteiger partial charge in [-0.2, -0.15) is 0 Å². The second-order valence-corrected chi connectivity index (χ2v) is 4.34. The molecule has 0 N–H and O–H groups in total. The molecule has 0 unspecified atom stereocenters. The fourth-order valence-corrected chi connectivity index (χ4v) is 2.37. The van der Waals surface area contributed by atoms with Crippen LogP contribution >= 0.6 is 11.3 Å². The van der Waals surface area contributed by atoms with Gasteiger partial charge in [0.05, 0.1) is 24.5 Å². The van der Waals surface area contributed by atoms with Gasteiger partial charge in [-0.3, -0.25) is 0 Å². The molecule has 1 aromatic carbocycles. The van der Waals surface area contributed by atoms with Crippen molar-refractivity contribution in [1.29, 1.82) is 0 Å². The highest BCUT2D eigenvalue weighted by Crippen LogP contribution is 2.32. The first kappa shape index (κ1) is 11.6. The number of hydrogen-bond donors (Lipinski definition) is 0. The highest BCUT2D eigenvalue weighted by Gasteiger charge is 2.14. The molecule has 0 spiro atoms. The lowest BCUT2D eigenvalue weighted by atomic mass is 10.2. The van der Waals surface area contributed by atoms with E-state index in [-0.39, 0.29) is 0 Å². The normalized spacial score (nSPS) is 10.2. The Morgan fingerprint density at radius 2 is 2.24 bits per heavy atom. The molecule has 2 aromatic rings. The average Bonchev–Trinajstić information content (AvgIpc) is 2.79. The number of hydrogen-bond acceptors (Lipinski definition) is 5. The van der Waals surface area contributed by atoms with Gasteiger partial charge in [-0.15, -0.1) is 11.3 Å². The number of thiazole rings is 1. The van der Waals surface area contributed by atoms with Crippen LogP contribution in [0.3, 0.4) is 0 Å². The predicted octanol–water partition coefficient (Wildman–Crippen LogP) is 2.73. The summed E-state index contributed by atoms with van der Waals surface area (Å²) >= 11 is 1.45. The number of aromatic nitrogens is 1. The Morgan fingerprint density at radius 1 is 1.47 bits per heavy atom. The molecule has 0 amide bonds. The molecular weight excluding hydrogens is 238 g/mol. The Hall–Kier alpha value is -1.88. The van der Waals surface area contributed by atoms with Crippen molar-refractivity contribution in [3.63, 3.8) is 0 Å². The fraction of sp³-hybridized carbons (Fsp3) is 0.167. The third kappa shape index (κ3) is 2.01. The van der Waals surface area contributed by atoms with Crippen LogP contribution in [0.4, 0.5) is 0 Å². The molecule has 1 heterocycles. The number of benzene rings is 1. The maximum Gasteiger partial charge on any atom is 0.338 e. The van der Waals surface area contributed by atoms with Crippen LogP contribution in [0.25, 0.3) is 16.3 Å². The Kier molecular flexibility index (Phi) is 3.10. The molecule has 17 heavy (non-hydrogen) atoms. The summed E-state index contributed by atoms with van der Waals surface area (Å²) in [6.07, 6.45) is 1.67. The van der Waals surface area contributed by atoms with E-state index in [0.717, 1.165) is 15.2 Å². The zero-order chi connectivity index (χ0) is 12.4. The lowest BCUT2D eigenvalue weighted by molar-refractivity contribution is 0.0600. The average molecular weight is 249 g/mol. The monoisotopic (exact) mass is 249 g/mol. The molecule has 88 valence electrons. The van der Waals surface area contributed by atoms with Gasteiger partial charge in [-0.05, 0) is 18.2 Å². The number of methoxy groups -OCH3 is 2. The number of fused-ring (bicyclic) bond motifs is 1. The molecule has 0 aliphatic heterocycles. The van der Waals surface area contributed by atoms with E-state index in [0.29, 0.717) is 11.3 Å². The first-order chi connectivity index (χ1) is 8.19. The van der Waals surface area contributed by atoms with Crippen LogP contribution < -0.4 is 4.74 Å². The molecular formula is C12H11NO3S. The van der Waals surface area contributed by atoms with E-state index in [1.54, 1.807) is 25.3 Å². The fourth-order valence-electron chi connectivity index (χ4n) is 1.49. The molecule has 0 atom stereocenters. The first-order valence-electron chi connectivity index (χ1n) is 4.89. The van der Waals surface area contributed by atoms with Crippen molar-refractivity contribution < 1.29 is 14.3 Å². The molecule has 1 aromatic heterocycles. The summed E-state index contributed by atoms with van der Waals surface area (Å²) in [6, 6.07) is 3.37. The summed E-state index contributed by atoms with van der Waals surface area (Å²) in [6.45, 7) is 3.67. The summed E-state index contributed by atoms with van der Waals surface area (Å²) in [4.78, 5) is 15.8. The second-order valence-electron chi connectivity index (χ2n) is 3.27. The molecule has 0 aliphatic carbocycles. The molecule has 0 saturated heterocycles. The van der Waals surface area contributed by atoms with Crippen LogP contribution in [0.2, 0.25) is 0 Å². The summed E-state index contributed by atoms with van der Waals surface area (Å²) in [5, 5.41) is 0.792. The van der Waals surface area contributed by atoms with E-state index in [1.165, 1.54) is 18.4 Å². The van der Waals surface area contributed by atoms with Crippen LogP contribution in [0.15, 0.2) is 18.7 Å². The van der Waals surface area contributed by atoms with Crippen LogP contribution in [-0.2, 0) is 4.74 Å². The minimum absolute atomic E-state index is 0.390. The quantitative estimate of drug-likeness (QED) is 0.785. The van der Waals surface area contributed by atoms with Gasteiger partial charge in [0.1, 0.15) is 16.3 Å². The number of rotatable bonds is 3. The van der Waals surface area contributed by atoms with Crippen molar-refractivity contribution in [2.45, 2.75) is 0 Å². The standard InChI is InChI=1S/C12H11NO3S/c1-4-10-13-11-8(15-2)5-7(12(14)16-3)6-9(11)17-10/h4-6H,1H2,2-3H3. The predicted molar refractivity (Wildman–Crippen MR) is 67.6 cm³/mol. The maximum absolute atomic E-state index is 11.5.